The lowest BCUT2D eigenvalue weighted by atomic mass is 10.1. The van der Waals surface area contributed by atoms with Gasteiger partial charge in [0, 0.05) is 12.1 Å². The zero-order valence-electron chi connectivity index (χ0n) is 10.9. The first-order valence-electron chi connectivity index (χ1n) is 6.27. The van der Waals surface area contributed by atoms with E-state index in [1.807, 2.05) is 31.2 Å². The van der Waals surface area contributed by atoms with Gasteiger partial charge in [0.2, 0.25) is 0 Å². The number of hydrogen-bond acceptors (Lipinski definition) is 1. The zero-order valence-corrected chi connectivity index (χ0v) is 10.9. The Bertz CT molecular complexity index is 523. The molecule has 0 aliphatic rings. The number of rotatable bonds is 5. The zero-order chi connectivity index (χ0) is 13.7. The van der Waals surface area contributed by atoms with Crippen LogP contribution in [0.25, 0.3) is 0 Å². The third kappa shape index (κ3) is 3.86. The normalized spacial score (nSPS) is 11.5. The molecule has 0 aliphatic carbocycles. The molecule has 3 heteroatoms. The van der Waals surface area contributed by atoms with Gasteiger partial charge in [-0.3, -0.25) is 0 Å². The summed E-state index contributed by atoms with van der Waals surface area (Å²) >= 11 is 0. The van der Waals surface area contributed by atoms with Crippen molar-refractivity contribution >= 4 is 0 Å². The molecule has 2 aromatic carbocycles. The maximum Gasteiger partial charge on any atom is 0.285 e. The largest absolute Gasteiger partial charge is 0.307 e. The molecule has 0 heterocycles. The second-order valence-corrected chi connectivity index (χ2v) is 4.66. The van der Waals surface area contributed by atoms with Gasteiger partial charge in [-0.25, -0.2) is 0 Å². The second kappa shape index (κ2) is 5.93. The van der Waals surface area contributed by atoms with Crippen molar-refractivity contribution in [3.63, 3.8) is 0 Å². The molecule has 0 atom stereocenters. The minimum atomic E-state index is -2.84. The maximum atomic E-state index is 13.9. The van der Waals surface area contributed by atoms with E-state index in [4.69, 9.17) is 0 Å². The molecular formula is C16H17F2N. The van der Waals surface area contributed by atoms with Gasteiger partial charge in [0.25, 0.3) is 5.92 Å². The van der Waals surface area contributed by atoms with Gasteiger partial charge in [-0.05, 0) is 12.5 Å². The average Bonchev–Trinajstić information content (AvgIpc) is 2.40. The molecule has 0 aliphatic heterocycles. The van der Waals surface area contributed by atoms with E-state index in [1.165, 1.54) is 12.1 Å². The van der Waals surface area contributed by atoms with Crippen LogP contribution in [0, 0.1) is 6.92 Å². The summed E-state index contributed by atoms with van der Waals surface area (Å²) in [6.45, 7) is 2.08. The van der Waals surface area contributed by atoms with E-state index in [0.29, 0.717) is 6.54 Å². The first kappa shape index (κ1) is 13.7. The Morgan fingerprint density at radius 2 is 1.74 bits per heavy atom. The summed E-state index contributed by atoms with van der Waals surface area (Å²) in [6, 6.07) is 15.7. The lowest BCUT2D eigenvalue weighted by Gasteiger charge is -2.17. The molecule has 1 nitrogen and oxygen atoms in total. The van der Waals surface area contributed by atoms with Gasteiger partial charge in [0.1, 0.15) is 0 Å². The van der Waals surface area contributed by atoms with Gasteiger partial charge in [-0.15, -0.1) is 0 Å². The maximum absolute atomic E-state index is 13.9. The molecule has 19 heavy (non-hydrogen) atoms. The van der Waals surface area contributed by atoms with Crippen LogP contribution in [-0.4, -0.2) is 6.54 Å². The van der Waals surface area contributed by atoms with E-state index in [0.717, 1.165) is 11.1 Å². The Labute approximate surface area is 112 Å². The van der Waals surface area contributed by atoms with Crippen LogP contribution < -0.4 is 5.32 Å². The molecule has 1 N–H and O–H groups in total. The van der Waals surface area contributed by atoms with Crippen molar-refractivity contribution in [1.29, 1.82) is 0 Å². The van der Waals surface area contributed by atoms with Crippen LogP contribution in [-0.2, 0) is 12.5 Å². The number of halogens is 2. The third-order valence-corrected chi connectivity index (χ3v) is 2.95. The highest BCUT2D eigenvalue weighted by atomic mass is 19.3. The number of nitrogens with one attached hydrogen (secondary N) is 1. The Morgan fingerprint density at radius 3 is 2.42 bits per heavy atom. The van der Waals surface area contributed by atoms with Crippen LogP contribution in [0.4, 0.5) is 8.78 Å². The van der Waals surface area contributed by atoms with Crippen LogP contribution in [0.2, 0.25) is 0 Å². The molecule has 0 bridgehead atoms. The van der Waals surface area contributed by atoms with Gasteiger partial charge in [0.15, 0.2) is 0 Å². The highest BCUT2D eigenvalue weighted by Crippen LogP contribution is 2.26. The lowest BCUT2D eigenvalue weighted by molar-refractivity contribution is -0.00343. The number of hydrogen-bond donors (Lipinski definition) is 1. The Kier molecular flexibility index (Phi) is 4.27. The van der Waals surface area contributed by atoms with Gasteiger partial charge < -0.3 is 5.32 Å². The standard InChI is InChI=1S/C16H17F2N/c1-13-6-5-7-14(10-13)11-19-12-16(17,18)15-8-3-2-4-9-15/h2-10,19H,11-12H2,1H3. The van der Waals surface area contributed by atoms with Crippen molar-refractivity contribution in [2.45, 2.75) is 19.4 Å². The molecule has 0 unspecified atom stereocenters. The summed E-state index contributed by atoms with van der Waals surface area (Å²) in [7, 11) is 0. The Balaban J connectivity index is 1.92. The third-order valence-electron chi connectivity index (χ3n) is 2.95. The van der Waals surface area contributed by atoms with E-state index >= 15 is 0 Å². The van der Waals surface area contributed by atoms with Crippen LogP contribution in [0.5, 0.6) is 0 Å². The number of alkyl halides is 2. The van der Waals surface area contributed by atoms with Crippen LogP contribution in [0.1, 0.15) is 16.7 Å². The van der Waals surface area contributed by atoms with Crippen LogP contribution in [0.3, 0.4) is 0 Å². The molecule has 0 aromatic heterocycles. The van der Waals surface area contributed by atoms with E-state index in [1.54, 1.807) is 18.2 Å². The lowest BCUT2D eigenvalue weighted by Crippen LogP contribution is -2.30. The molecule has 0 fully saturated rings. The molecule has 0 amide bonds. The predicted octanol–water partition coefficient (Wildman–Crippen LogP) is 3.88. The van der Waals surface area contributed by atoms with E-state index < -0.39 is 5.92 Å². The van der Waals surface area contributed by atoms with Crippen molar-refractivity contribution in [3.05, 3.63) is 71.3 Å². The SMILES string of the molecule is Cc1cccc(CNCC(F)(F)c2ccccc2)c1. The van der Waals surface area contributed by atoms with Gasteiger partial charge >= 0.3 is 0 Å². The minimum Gasteiger partial charge on any atom is -0.307 e. The molecule has 100 valence electrons. The van der Waals surface area contributed by atoms with Crippen LogP contribution >= 0.6 is 0 Å². The second-order valence-electron chi connectivity index (χ2n) is 4.66. The molecular weight excluding hydrogens is 244 g/mol. The average molecular weight is 261 g/mol. The minimum absolute atomic E-state index is 0.0479. The van der Waals surface area contributed by atoms with E-state index in [9.17, 15) is 8.78 Å². The summed E-state index contributed by atoms with van der Waals surface area (Å²) in [5.74, 6) is -2.84. The fourth-order valence-electron chi connectivity index (χ4n) is 1.97. The highest BCUT2D eigenvalue weighted by molar-refractivity contribution is 5.23. The molecule has 0 spiro atoms. The van der Waals surface area contributed by atoms with Crippen molar-refractivity contribution in [3.8, 4) is 0 Å². The molecule has 2 rings (SSSR count). The van der Waals surface area contributed by atoms with Crippen molar-refractivity contribution < 1.29 is 8.78 Å². The van der Waals surface area contributed by atoms with Crippen molar-refractivity contribution in [1.82, 2.24) is 5.32 Å². The summed E-state index contributed by atoms with van der Waals surface area (Å²) in [4.78, 5) is 0. The molecule has 0 radical (unpaired) electrons. The number of aryl methyl sites for hydroxylation is 1. The monoisotopic (exact) mass is 261 g/mol. The molecule has 0 saturated heterocycles. The van der Waals surface area contributed by atoms with Crippen LogP contribution in [0.15, 0.2) is 54.6 Å². The summed E-state index contributed by atoms with van der Waals surface area (Å²) < 4.78 is 27.8. The quantitative estimate of drug-likeness (QED) is 0.861. The fraction of sp³-hybridized carbons (Fsp3) is 0.250. The van der Waals surface area contributed by atoms with E-state index in [2.05, 4.69) is 5.32 Å². The van der Waals surface area contributed by atoms with E-state index in [-0.39, 0.29) is 12.1 Å². The topological polar surface area (TPSA) is 12.0 Å². The van der Waals surface area contributed by atoms with Crippen molar-refractivity contribution in [2.75, 3.05) is 6.54 Å². The first-order valence-corrected chi connectivity index (χ1v) is 6.27. The smallest absolute Gasteiger partial charge is 0.285 e. The number of benzene rings is 2. The Hall–Kier alpha value is -1.74. The highest BCUT2D eigenvalue weighted by Gasteiger charge is 2.30. The summed E-state index contributed by atoms with van der Waals surface area (Å²) in [5, 5.41) is 2.82. The van der Waals surface area contributed by atoms with Crippen molar-refractivity contribution in [2.24, 2.45) is 0 Å². The fourth-order valence-corrected chi connectivity index (χ4v) is 1.97. The Morgan fingerprint density at radius 1 is 1.00 bits per heavy atom. The summed E-state index contributed by atoms with van der Waals surface area (Å²) in [5.41, 5.74) is 2.20. The predicted molar refractivity (Wildman–Crippen MR) is 73.2 cm³/mol. The van der Waals surface area contributed by atoms with Gasteiger partial charge in [-0.2, -0.15) is 8.78 Å². The van der Waals surface area contributed by atoms with Gasteiger partial charge in [-0.1, -0.05) is 60.2 Å². The first-order chi connectivity index (χ1) is 9.08. The molecule has 2 aromatic rings. The summed E-state index contributed by atoms with van der Waals surface area (Å²) in [6.07, 6.45) is 0. The van der Waals surface area contributed by atoms with Gasteiger partial charge in [0.05, 0.1) is 6.54 Å². The molecule has 0 saturated carbocycles.